The van der Waals surface area contributed by atoms with Gasteiger partial charge in [0.15, 0.2) is 0 Å². The first-order valence-electron chi connectivity index (χ1n) is 5.74. The normalized spacial score (nSPS) is 20.0. The van der Waals surface area contributed by atoms with Crippen LogP contribution in [0.3, 0.4) is 0 Å². The van der Waals surface area contributed by atoms with E-state index in [2.05, 4.69) is 10.4 Å². The average molecular weight is 238 g/mol. The van der Waals surface area contributed by atoms with Gasteiger partial charge in [-0.2, -0.15) is 5.10 Å². The molecule has 0 aromatic carbocycles. The first-order valence-corrected chi connectivity index (χ1v) is 5.74. The van der Waals surface area contributed by atoms with Crippen molar-refractivity contribution >= 4 is 11.7 Å². The van der Waals surface area contributed by atoms with Crippen molar-refractivity contribution in [3.8, 4) is 0 Å². The lowest BCUT2D eigenvalue weighted by molar-refractivity contribution is -0.127. The van der Waals surface area contributed by atoms with Gasteiger partial charge in [-0.15, -0.1) is 0 Å². The van der Waals surface area contributed by atoms with E-state index >= 15 is 0 Å². The summed E-state index contributed by atoms with van der Waals surface area (Å²) in [5.41, 5.74) is 0. The number of carbonyl (C=O) groups is 1. The molecule has 0 unspecified atom stereocenters. The summed E-state index contributed by atoms with van der Waals surface area (Å²) in [5, 5.41) is 7.48. The molecule has 1 amide bonds. The Bertz CT molecular complexity index is 391. The number of methoxy groups -OCH3 is 1. The number of carbonyl (C=O) groups excluding carboxylic acids is 1. The number of anilines is 1. The highest BCUT2D eigenvalue weighted by molar-refractivity contribution is 5.86. The molecular weight excluding hydrogens is 220 g/mol. The van der Waals surface area contributed by atoms with Crippen LogP contribution < -0.4 is 5.32 Å². The third-order valence-corrected chi connectivity index (χ3v) is 2.91. The largest absolute Gasteiger partial charge is 0.383 e. The Morgan fingerprint density at radius 3 is 3.12 bits per heavy atom. The Kier molecular flexibility index (Phi) is 3.63. The maximum Gasteiger partial charge on any atom is 0.244 e. The van der Waals surface area contributed by atoms with E-state index in [1.807, 2.05) is 19.3 Å². The van der Waals surface area contributed by atoms with Crippen LogP contribution in [0.25, 0.3) is 0 Å². The summed E-state index contributed by atoms with van der Waals surface area (Å²) < 4.78 is 6.78. The molecule has 1 aliphatic heterocycles. The van der Waals surface area contributed by atoms with Gasteiger partial charge in [-0.1, -0.05) is 0 Å². The van der Waals surface area contributed by atoms with Crippen LogP contribution in [0.2, 0.25) is 0 Å². The molecule has 0 spiro atoms. The molecule has 1 atom stereocenters. The minimum Gasteiger partial charge on any atom is -0.383 e. The summed E-state index contributed by atoms with van der Waals surface area (Å²) in [4.78, 5) is 13.4. The fraction of sp³-hybridized carbons (Fsp3) is 0.636. The van der Waals surface area contributed by atoms with Crippen molar-refractivity contribution in [2.75, 3.05) is 32.6 Å². The number of likely N-dealkylation sites (tertiary alicyclic amines) is 1. The Labute approximate surface area is 101 Å². The van der Waals surface area contributed by atoms with Crippen LogP contribution in [0.5, 0.6) is 0 Å². The van der Waals surface area contributed by atoms with E-state index in [-0.39, 0.29) is 11.9 Å². The molecule has 0 radical (unpaired) electrons. The van der Waals surface area contributed by atoms with Gasteiger partial charge in [-0.25, -0.2) is 0 Å². The van der Waals surface area contributed by atoms with Gasteiger partial charge in [-0.3, -0.25) is 9.48 Å². The standard InChI is InChI=1S/C11H18N4O2/c1-14-5-3-9(11(14)16)12-10-4-6-15(13-10)7-8-17-2/h4,6,9H,3,5,7-8H2,1-2H3,(H,12,13)/t9-/m0/s1. The van der Waals surface area contributed by atoms with E-state index in [0.717, 1.165) is 25.3 Å². The Morgan fingerprint density at radius 1 is 1.65 bits per heavy atom. The number of likely N-dealkylation sites (N-methyl/N-ethyl adjacent to an activating group) is 1. The monoisotopic (exact) mass is 238 g/mol. The molecule has 1 aromatic rings. The summed E-state index contributed by atoms with van der Waals surface area (Å²) in [6.07, 6.45) is 2.71. The third kappa shape index (κ3) is 2.76. The zero-order chi connectivity index (χ0) is 12.3. The molecule has 1 saturated heterocycles. The Morgan fingerprint density at radius 2 is 2.47 bits per heavy atom. The van der Waals surface area contributed by atoms with Crippen molar-refractivity contribution in [1.82, 2.24) is 14.7 Å². The minimum absolute atomic E-state index is 0.134. The molecular formula is C11H18N4O2. The summed E-state index contributed by atoms with van der Waals surface area (Å²) in [5.74, 6) is 0.881. The highest BCUT2D eigenvalue weighted by Crippen LogP contribution is 2.14. The molecule has 1 aliphatic rings. The van der Waals surface area contributed by atoms with Crippen LogP contribution in [0.1, 0.15) is 6.42 Å². The van der Waals surface area contributed by atoms with Gasteiger partial charge in [0.2, 0.25) is 5.91 Å². The quantitative estimate of drug-likeness (QED) is 0.794. The molecule has 17 heavy (non-hydrogen) atoms. The molecule has 6 heteroatoms. The highest BCUT2D eigenvalue weighted by atomic mass is 16.5. The minimum atomic E-state index is -0.134. The van der Waals surface area contributed by atoms with Crippen LogP contribution in [0, 0.1) is 0 Å². The van der Waals surface area contributed by atoms with E-state index in [1.165, 1.54) is 0 Å². The number of nitrogens with zero attached hydrogens (tertiary/aromatic N) is 3. The van der Waals surface area contributed by atoms with Crippen molar-refractivity contribution in [1.29, 1.82) is 0 Å². The molecule has 6 nitrogen and oxygen atoms in total. The lowest BCUT2D eigenvalue weighted by atomic mass is 10.2. The van der Waals surface area contributed by atoms with Crippen LogP contribution >= 0.6 is 0 Å². The lowest BCUT2D eigenvalue weighted by Crippen LogP contribution is -2.31. The average Bonchev–Trinajstić information content (AvgIpc) is 2.89. The van der Waals surface area contributed by atoms with Crippen molar-refractivity contribution in [2.24, 2.45) is 0 Å². The molecule has 1 N–H and O–H groups in total. The second-order valence-corrected chi connectivity index (χ2v) is 4.20. The van der Waals surface area contributed by atoms with Gasteiger partial charge >= 0.3 is 0 Å². The topological polar surface area (TPSA) is 59.4 Å². The van der Waals surface area contributed by atoms with Gasteiger partial charge in [0.05, 0.1) is 13.2 Å². The van der Waals surface area contributed by atoms with Gasteiger partial charge in [0, 0.05) is 33.0 Å². The van der Waals surface area contributed by atoms with Crippen LogP contribution in [0.4, 0.5) is 5.82 Å². The number of aromatic nitrogens is 2. The molecule has 0 saturated carbocycles. The summed E-state index contributed by atoms with van der Waals surface area (Å²) >= 11 is 0. The zero-order valence-corrected chi connectivity index (χ0v) is 10.2. The zero-order valence-electron chi connectivity index (χ0n) is 10.2. The highest BCUT2D eigenvalue weighted by Gasteiger charge is 2.29. The van der Waals surface area contributed by atoms with Gasteiger partial charge < -0.3 is 15.0 Å². The number of hydrogen-bond acceptors (Lipinski definition) is 4. The van der Waals surface area contributed by atoms with Crippen LogP contribution in [0.15, 0.2) is 12.3 Å². The van der Waals surface area contributed by atoms with Crippen molar-refractivity contribution in [3.05, 3.63) is 12.3 Å². The summed E-state index contributed by atoms with van der Waals surface area (Å²) in [7, 11) is 3.48. The number of amides is 1. The van der Waals surface area contributed by atoms with Crippen LogP contribution in [-0.4, -0.2) is 53.9 Å². The van der Waals surface area contributed by atoms with E-state index in [4.69, 9.17) is 4.74 Å². The predicted octanol–water partition coefficient (Wildman–Crippen LogP) is 0.172. The molecule has 1 fully saturated rings. The van der Waals surface area contributed by atoms with E-state index < -0.39 is 0 Å². The lowest BCUT2D eigenvalue weighted by Gasteiger charge is -2.11. The maximum atomic E-state index is 11.7. The third-order valence-electron chi connectivity index (χ3n) is 2.91. The number of ether oxygens (including phenoxy) is 1. The summed E-state index contributed by atoms with van der Waals surface area (Å²) in [6.45, 7) is 2.16. The Hall–Kier alpha value is -1.56. The second kappa shape index (κ2) is 5.18. The fourth-order valence-electron chi connectivity index (χ4n) is 1.88. The molecule has 0 aliphatic carbocycles. The molecule has 1 aromatic heterocycles. The second-order valence-electron chi connectivity index (χ2n) is 4.20. The number of rotatable bonds is 5. The van der Waals surface area contributed by atoms with Gasteiger partial charge in [-0.05, 0) is 6.42 Å². The molecule has 2 rings (SSSR count). The van der Waals surface area contributed by atoms with Gasteiger partial charge in [0.25, 0.3) is 0 Å². The predicted molar refractivity (Wildman–Crippen MR) is 63.8 cm³/mol. The van der Waals surface area contributed by atoms with Crippen molar-refractivity contribution in [2.45, 2.75) is 19.0 Å². The molecule has 2 heterocycles. The van der Waals surface area contributed by atoms with Crippen molar-refractivity contribution in [3.63, 3.8) is 0 Å². The first kappa shape index (κ1) is 11.9. The maximum absolute atomic E-state index is 11.7. The van der Waals surface area contributed by atoms with Crippen molar-refractivity contribution < 1.29 is 9.53 Å². The SMILES string of the molecule is COCCn1ccc(N[C@H]2CCN(C)C2=O)n1. The summed E-state index contributed by atoms with van der Waals surface area (Å²) in [6, 6.07) is 1.74. The molecule has 0 bridgehead atoms. The Balaban J connectivity index is 1.90. The fourth-order valence-corrected chi connectivity index (χ4v) is 1.88. The van der Waals surface area contributed by atoms with E-state index in [0.29, 0.717) is 6.61 Å². The van der Waals surface area contributed by atoms with E-state index in [1.54, 1.807) is 16.7 Å². The number of hydrogen-bond donors (Lipinski definition) is 1. The van der Waals surface area contributed by atoms with E-state index in [9.17, 15) is 4.79 Å². The van der Waals surface area contributed by atoms with Gasteiger partial charge in [0.1, 0.15) is 11.9 Å². The smallest absolute Gasteiger partial charge is 0.244 e. The first-order chi connectivity index (χ1) is 8.20. The molecule has 94 valence electrons. The number of nitrogens with one attached hydrogen (secondary N) is 1. The van der Waals surface area contributed by atoms with Crippen LogP contribution in [-0.2, 0) is 16.1 Å².